The summed E-state index contributed by atoms with van der Waals surface area (Å²) in [6.07, 6.45) is 1.66. The lowest BCUT2D eigenvalue weighted by Crippen LogP contribution is -2.03. The molecule has 0 saturated heterocycles. The van der Waals surface area contributed by atoms with Gasteiger partial charge in [-0.3, -0.25) is 0 Å². The summed E-state index contributed by atoms with van der Waals surface area (Å²) in [4.78, 5) is 7.16. The zero-order valence-corrected chi connectivity index (χ0v) is 10.3. The topological polar surface area (TPSA) is 87.7 Å². The maximum atomic E-state index is 8.73. The molecule has 18 heavy (non-hydrogen) atoms. The molecule has 0 aliphatic rings. The third kappa shape index (κ3) is 2.41. The highest BCUT2D eigenvalue weighted by Gasteiger charge is 2.18. The van der Waals surface area contributed by atoms with Crippen molar-refractivity contribution in [3.8, 4) is 17.7 Å². The van der Waals surface area contributed by atoms with Crippen LogP contribution < -0.4 is 0 Å². The molecule has 6 nitrogen and oxygen atoms in total. The fraction of sp³-hybridized carbons (Fsp3) is 0.417. The van der Waals surface area contributed by atoms with Gasteiger partial charge in [-0.1, -0.05) is 18.5 Å². The van der Waals surface area contributed by atoms with Crippen LogP contribution in [0.4, 0.5) is 0 Å². The lowest BCUT2D eigenvalue weighted by Gasteiger charge is -2.08. The average Bonchev–Trinajstić information content (AvgIpc) is 3.03. The van der Waals surface area contributed by atoms with Crippen molar-refractivity contribution in [3.05, 3.63) is 23.7 Å². The van der Waals surface area contributed by atoms with Crippen LogP contribution in [0.25, 0.3) is 11.6 Å². The molecule has 2 heterocycles. The molecule has 0 fully saturated rings. The summed E-state index contributed by atoms with van der Waals surface area (Å²) < 4.78 is 10.5. The highest BCUT2D eigenvalue weighted by molar-refractivity contribution is 5.49. The van der Waals surface area contributed by atoms with Gasteiger partial charge >= 0.3 is 0 Å². The SMILES string of the molecule is CCCC(OC)c1noc(-c2ccc(C#N)[nH]2)n1. The molecule has 0 aliphatic heterocycles. The van der Waals surface area contributed by atoms with Gasteiger partial charge in [0.2, 0.25) is 5.82 Å². The Bertz CT molecular complexity index is 552. The molecule has 0 saturated carbocycles. The van der Waals surface area contributed by atoms with Crippen LogP contribution in [0.3, 0.4) is 0 Å². The number of hydrogen-bond acceptors (Lipinski definition) is 5. The molecule has 0 amide bonds. The van der Waals surface area contributed by atoms with Gasteiger partial charge in [-0.15, -0.1) is 0 Å². The Morgan fingerprint density at radius 1 is 1.56 bits per heavy atom. The first kappa shape index (κ1) is 12.3. The molecule has 0 radical (unpaired) electrons. The van der Waals surface area contributed by atoms with E-state index in [4.69, 9.17) is 14.5 Å². The second-order valence-electron chi connectivity index (χ2n) is 3.87. The number of rotatable bonds is 5. The van der Waals surface area contributed by atoms with Crippen molar-refractivity contribution in [1.82, 2.24) is 15.1 Å². The summed E-state index contributed by atoms with van der Waals surface area (Å²) in [6, 6.07) is 5.41. The van der Waals surface area contributed by atoms with Crippen LogP contribution in [0.2, 0.25) is 0 Å². The summed E-state index contributed by atoms with van der Waals surface area (Å²) >= 11 is 0. The van der Waals surface area contributed by atoms with Gasteiger partial charge < -0.3 is 14.2 Å². The number of nitrogens with one attached hydrogen (secondary N) is 1. The van der Waals surface area contributed by atoms with Gasteiger partial charge in [0.25, 0.3) is 5.89 Å². The first-order valence-electron chi connectivity index (χ1n) is 5.74. The third-order valence-electron chi connectivity index (χ3n) is 2.60. The van der Waals surface area contributed by atoms with E-state index < -0.39 is 0 Å². The van der Waals surface area contributed by atoms with E-state index in [1.807, 2.05) is 6.07 Å². The Hall–Kier alpha value is -2.13. The lowest BCUT2D eigenvalue weighted by molar-refractivity contribution is 0.0854. The van der Waals surface area contributed by atoms with Crippen LogP contribution >= 0.6 is 0 Å². The van der Waals surface area contributed by atoms with Crippen molar-refractivity contribution in [2.45, 2.75) is 25.9 Å². The minimum atomic E-state index is -0.155. The molecule has 1 N–H and O–H groups in total. The molecule has 0 spiro atoms. The number of hydrogen-bond donors (Lipinski definition) is 1. The lowest BCUT2D eigenvalue weighted by atomic mass is 10.2. The van der Waals surface area contributed by atoms with Gasteiger partial charge in [0, 0.05) is 7.11 Å². The predicted molar refractivity (Wildman–Crippen MR) is 63.5 cm³/mol. The molecule has 2 aromatic heterocycles. The van der Waals surface area contributed by atoms with E-state index in [0.29, 0.717) is 23.1 Å². The van der Waals surface area contributed by atoms with E-state index in [1.54, 1.807) is 19.2 Å². The number of methoxy groups -OCH3 is 1. The van der Waals surface area contributed by atoms with Crippen LogP contribution in [0.5, 0.6) is 0 Å². The number of aromatic amines is 1. The predicted octanol–water partition coefficient (Wildman–Crippen LogP) is 2.42. The standard InChI is InChI=1S/C12H14N4O2/c1-3-4-10(17-2)11-15-12(18-16-11)9-6-5-8(7-13)14-9/h5-6,10,14H,3-4H2,1-2H3. The average molecular weight is 246 g/mol. The van der Waals surface area contributed by atoms with E-state index in [0.717, 1.165) is 12.8 Å². The molecule has 2 rings (SSSR count). The molecule has 94 valence electrons. The van der Waals surface area contributed by atoms with Gasteiger partial charge in [0.1, 0.15) is 23.6 Å². The quantitative estimate of drug-likeness (QED) is 0.875. The molecule has 0 bridgehead atoms. The maximum Gasteiger partial charge on any atom is 0.274 e. The van der Waals surface area contributed by atoms with Crippen molar-refractivity contribution in [2.24, 2.45) is 0 Å². The Morgan fingerprint density at radius 3 is 3.00 bits per heavy atom. The monoisotopic (exact) mass is 246 g/mol. The van der Waals surface area contributed by atoms with Gasteiger partial charge in [0.15, 0.2) is 0 Å². The summed E-state index contributed by atoms with van der Waals surface area (Å²) in [7, 11) is 1.62. The Morgan fingerprint density at radius 2 is 2.39 bits per heavy atom. The van der Waals surface area contributed by atoms with Crippen molar-refractivity contribution < 1.29 is 9.26 Å². The van der Waals surface area contributed by atoms with Crippen molar-refractivity contribution in [1.29, 1.82) is 5.26 Å². The summed E-state index contributed by atoms with van der Waals surface area (Å²) in [5, 5.41) is 12.6. The molecule has 1 atom stereocenters. The normalized spacial score (nSPS) is 12.3. The van der Waals surface area contributed by atoms with Crippen molar-refractivity contribution in [2.75, 3.05) is 7.11 Å². The van der Waals surface area contributed by atoms with Crippen LogP contribution in [0.15, 0.2) is 16.7 Å². The fourth-order valence-electron chi connectivity index (χ4n) is 1.67. The van der Waals surface area contributed by atoms with Gasteiger partial charge in [-0.25, -0.2) is 0 Å². The van der Waals surface area contributed by atoms with Gasteiger partial charge in [-0.05, 0) is 18.6 Å². The highest BCUT2D eigenvalue weighted by Crippen LogP contribution is 2.22. The number of nitriles is 1. The molecule has 6 heteroatoms. The van der Waals surface area contributed by atoms with E-state index in [9.17, 15) is 0 Å². The molecule has 0 aliphatic carbocycles. The second kappa shape index (κ2) is 5.47. The van der Waals surface area contributed by atoms with E-state index in [2.05, 4.69) is 22.0 Å². The number of H-pyrrole nitrogens is 1. The Balaban J connectivity index is 2.22. The first-order valence-corrected chi connectivity index (χ1v) is 5.74. The minimum Gasteiger partial charge on any atom is -0.373 e. The fourth-order valence-corrected chi connectivity index (χ4v) is 1.67. The number of ether oxygens (including phenoxy) is 1. The van der Waals surface area contributed by atoms with Crippen LogP contribution in [0.1, 0.15) is 37.4 Å². The number of nitrogens with zero attached hydrogens (tertiary/aromatic N) is 3. The zero-order valence-electron chi connectivity index (χ0n) is 10.3. The van der Waals surface area contributed by atoms with Gasteiger partial charge in [0.05, 0.1) is 0 Å². The first-order chi connectivity index (χ1) is 8.78. The van der Waals surface area contributed by atoms with Crippen LogP contribution in [0, 0.1) is 11.3 Å². The largest absolute Gasteiger partial charge is 0.373 e. The molecule has 1 unspecified atom stereocenters. The molecule has 0 aromatic carbocycles. The van der Waals surface area contributed by atoms with Crippen LogP contribution in [-0.4, -0.2) is 22.2 Å². The van der Waals surface area contributed by atoms with E-state index >= 15 is 0 Å². The molecular weight excluding hydrogens is 232 g/mol. The molecule has 2 aromatic rings. The summed E-state index contributed by atoms with van der Waals surface area (Å²) in [5.74, 6) is 0.895. The Kier molecular flexibility index (Phi) is 3.75. The van der Waals surface area contributed by atoms with Crippen molar-refractivity contribution in [3.63, 3.8) is 0 Å². The zero-order chi connectivity index (χ0) is 13.0. The highest BCUT2D eigenvalue weighted by atomic mass is 16.5. The van der Waals surface area contributed by atoms with Gasteiger partial charge in [-0.2, -0.15) is 10.2 Å². The van der Waals surface area contributed by atoms with E-state index in [1.165, 1.54) is 0 Å². The summed E-state index contributed by atoms with van der Waals surface area (Å²) in [5.41, 5.74) is 1.10. The summed E-state index contributed by atoms with van der Waals surface area (Å²) in [6.45, 7) is 2.07. The van der Waals surface area contributed by atoms with Crippen LogP contribution in [-0.2, 0) is 4.74 Å². The molecular formula is C12H14N4O2. The second-order valence-corrected chi connectivity index (χ2v) is 3.87. The maximum absolute atomic E-state index is 8.73. The third-order valence-corrected chi connectivity index (χ3v) is 2.60. The minimum absolute atomic E-state index is 0.155. The van der Waals surface area contributed by atoms with Crippen molar-refractivity contribution >= 4 is 0 Å². The number of aromatic nitrogens is 3. The van der Waals surface area contributed by atoms with E-state index in [-0.39, 0.29) is 6.10 Å². The smallest absolute Gasteiger partial charge is 0.274 e. The Labute approximate surface area is 105 Å².